The van der Waals surface area contributed by atoms with Crippen molar-refractivity contribution < 1.29 is 0 Å². The van der Waals surface area contributed by atoms with Crippen molar-refractivity contribution in [1.82, 2.24) is 15.3 Å². The minimum Gasteiger partial charge on any atom is -0.382 e. The van der Waals surface area contributed by atoms with E-state index in [0.717, 1.165) is 60.2 Å². The molecule has 26 heavy (non-hydrogen) atoms. The van der Waals surface area contributed by atoms with E-state index < -0.39 is 0 Å². The lowest BCUT2D eigenvalue weighted by Crippen LogP contribution is -2.50. The average Bonchev–Trinajstić information content (AvgIpc) is 2.71. The van der Waals surface area contributed by atoms with Crippen LogP contribution in [0.4, 0.5) is 0 Å². The summed E-state index contributed by atoms with van der Waals surface area (Å²) in [7, 11) is 1.92. The highest BCUT2D eigenvalue weighted by Gasteiger charge is 2.44. The van der Waals surface area contributed by atoms with Gasteiger partial charge >= 0.3 is 0 Å². The summed E-state index contributed by atoms with van der Waals surface area (Å²) in [6.45, 7) is 6.09. The second-order valence-electron chi connectivity index (χ2n) is 6.79. The van der Waals surface area contributed by atoms with Crippen molar-refractivity contribution in [3.8, 4) is 0 Å². The molecule has 0 radical (unpaired) electrons. The topological polar surface area (TPSA) is 40.5 Å². The normalized spacial score (nSPS) is 21.7. The monoisotopic (exact) mass is 368 g/mol. The van der Waals surface area contributed by atoms with E-state index >= 15 is 0 Å². The van der Waals surface area contributed by atoms with Gasteiger partial charge in [0, 0.05) is 31.7 Å². The summed E-state index contributed by atoms with van der Waals surface area (Å²) in [5, 5.41) is 11.6. The Kier molecular flexibility index (Phi) is 5.87. The third-order valence-electron chi connectivity index (χ3n) is 5.40. The van der Waals surface area contributed by atoms with Gasteiger partial charge in [-0.3, -0.25) is 9.99 Å². The number of hydrogen-bond acceptors (Lipinski definition) is 4. The second kappa shape index (κ2) is 8.12. The van der Waals surface area contributed by atoms with E-state index in [1.807, 2.05) is 25.4 Å². The Bertz CT molecular complexity index is 813. The number of likely N-dealkylation sites (N-methyl/N-ethyl adjacent to an activating group) is 1. The summed E-state index contributed by atoms with van der Waals surface area (Å²) in [5.41, 5.74) is 2.98. The van der Waals surface area contributed by atoms with Gasteiger partial charge in [-0.05, 0) is 50.8 Å². The van der Waals surface area contributed by atoms with E-state index in [0.29, 0.717) is 0 Å². The van der Waals surface area contributed by atoms with Crippen LogP contribution in [0.5, 0.6) is 0 Å². The number of nitrogens with one attached hydrogen (secondary N) is 1. The zero-order valence-corrected chi connectivity index (χ0v) is 16.8. The third-order valence-corrected chi connectivity index (χ3v) is 5.95. The molecule has 1 aromatic heterocycles. The lowest BCUT2D eigenvalue weighted by molar-refractivity contribution is 0.315. The molecule has 0 bridgehead atoms. The lowest BCUT2D eigenvalue weighted by atomic mass is 9.68. The first-order valence-electron chi connectivity index (χ1n) is 9.56. The number of nitrogens with zero attached hydrogens (tertiary/aromatic N) is 3. The van der Waals surface area contributed by atoms with Gasteiger partial charge in [0.2, 0.25) is 0 Å². The molecule has 1 aliphatic rings. The standard InChI is InChI=1S/C21H28N4S/c1-4-25(5-2)24-19-12-8-9-13-21(19,20(26)22-3)17-14-16-10-6-7-11-18(16)23-15-17/h6-7,10-11,14-15H,4-5,8-9,12-13H2,1-3H3,(H,22,26). The van der Waals surface area contributed by atoms with Crippen LogP contribution in [0.2, 0.25) is 0 Å². The summed E-state index contributed by atoms with van der Waals surface area (Å²) in [6, 6.07) is 10.5. The van der Waals surface area contributed by atoms with Gasteiger partial charge in [-0.2, -0.15) is 5.10 Å². The van der Waals surface area contributed by atoms with Gasteiger partial charge in [0.15, 0.2) is 0 Å². The molecule has 1 unspecified atom stereocenters. The largest absolute Gasteiger partial charge is 0.382 e. The molecule has 1 atom stereocenters. The summed E-state index contributed by atoms with van der Waals surface area (Å²) in [4.78, 5) is 5.56. The summed E-state index contributed by atoms with van der Waals surface area (Å²) in [5.74, 6) is 0. The highest BCUT2D eigenvalue weighted by atomic mass is 32.1. The van der Waals surface area contributed by atoms with Gasteiger partial charge in [-0.1, -0.05) is 36.8 Å². The van der Waals surface area contributed by atoms with Crippen LogP contribution >= 0.6 is 12.2 Å². The molecule has 3 rings (SSSR count). The first-order chi connectivity index (χ1) is 12.7. The molecule has 138 valence electrons. The van der Waals surface area contributed by atoms with Crippen molar-refractivity contribution >= 4 is 33.8 Å². The van der Waals surface area contributed by atoms with E-state index in [1.165, 1.54) is 5.71 Å². The molecule has 0 aliphatic heterocycles. The zero-order valence-electron chi connectivity index (χ0n) is 16.0. The number of rotatable bonds is 5. The van der Waals surface area contributed by atoms with E-state index in [2.05, 4.69) is 42.4 Å². The van der Waals surface area contributed by atoms with Gasteiger partial charge in [0.1, 0.15) is 0 Å². The molecule has 1 fully saturated rings. The molecule has 1 aliphatic carbocycles. The zero-order chi connectivity index (χ0) is 18.6. The van der Waals surface area contributed by atoms with Gasteiger partial charge < -0.3 is 5.32 Å². The van der Waals surface area contributed by atoms with Crippen molar-refractivity contribution in [3.63, 3.8) is 0 Å². The fraction of sp³-hybridized carbons (Fsp3) is 0.476. The van der Waals surface area contributed by atoms with Crippen LogP contribution in [-0.2, 0) is 5.41 Å². The Morgan fingerprint density at radius 1 is 1.27 bits per heavy atom. The molecule has 5 heteroatoms. The number of fused-ring (bicyclic) bond motifs is 1. The number of para-hydroxylation sites is 1. The fourth-order valence-electron chi connectivity index (χ4n) is 3.92. The van der Waals surface area contributed by atoms with Crippen LogP contribution in [0.1, 0.15) is 45.1 Å². The second-order valence-corrected chi connectivity index (χ2v) is 7.20. The number of hydrogen-bond donors (Lipinski definition) is 1. The number of aromatic nitrogens is 1. The molecule has 1 heterocycles. The molecule has 1 saturated carbocycles. The number of benzene rings is 1. The predicted octanol–water partition coefficient (Wildman–Crippen LogP) is 4.29. The van der Waals surface area contributed by atoms with E-state index in [-0.39, 0.29) is 5.41 Å². The molecule has 0 spiro atoms. The molecular formula is C21H28N4S. The van der Waals surface area contributed by atoms with Crippen LogP contribution in [-0.4, -0.2) is 40.8 Å². The molecule has 2 aromatic rings. The van der Waals surface area contributed by atoms with Crippen LogP contribution < -0.4 is 5.32 Å². The predicted molar refractivity (Wildman–Crippen MR) is 114 cm³/mol. The SMILES string of the molecule is CCN(CC)N=C1CCCCC1(C(=S)NC)c1cnc2ccccc2c1. The Hall–Kier alpha value is -2.01. The molecular weight excluding hydrogens is 340 g/mol. The van der Waals surface area contributed by atoms with E-state index in [9.17, 15) is 0 Å². The minimum atomic E-state index is -0.359. The smallest absolute Gasteiger partial charge is 0.0916 e. The van der Waals surface area contributed by atoms with Gasteiger partial charge in [0.25, 0.3) is 0 Å². The lowest BCUT2D eigenvalue weighted by Gasteiger charge is -2.40. The summed E-state index contributed by atoms with van der Waals surface area (Å²) < 4.78 is 0. The van der Waals surface area contributed by atoms with Crippen molar-refractivity contribution in [2.75, 3.05) is 20.1 Å². The summed E-state index contributed by atoms with van der Waals surface area (Å²) >= 11 is 5.86. The third kappa shape index (κ3) is 3.32. The molecule has 0 saturated heterocycles. The number of hydrazone groups is 1. The molecule has 4 nitrogen and oxygen atoms in total. The van der Waals surface area contributed by atoms with Gasteiger partial charge in [-0.25, -0.2) is 0 Å². The van der Waals surface area contributed by atoms with E-state index in [4.69, 9.17) is 22.3 Å². The number of pyridine rings is 1. The first-order valence-corrected chi connectivity index (χ1v) is 9.96. The van der Waals surface area contributed by atoms with Gasteiger partial charge in [-0.15, -0.1) is 0 Å². The maximum absolute atomic E-state index is 5.86. The Morgan fingerprint density at radius 2 is 2.04 bits per heavy atom. The van der Waals surface area contributed by atoms with Crippen LogP contribution in [0.15, 0.2) is 41.6 Å². The van der Waals surface area contributed by atoms with Crippen LogP contribution in [0.25, 0.3) is 10.9 Å². The average molecular weight is 369 g/mol. The Balaban J connectivity index is 2.18. The van der Waals surface area contributed by atoms with Crippen molar-refractivity contribution in [3.05, 3.63) is 42.1 Å². The van der Waals surface area contributed by atoms with Gasteiger partial charge in [0.05, 0.1) is 21.6 Å². The maximum atomic E-state index is 5.86. The van der Waals surface area contributed by atoms with Crippen molar-refractivity contribution in [2.45, 2.75) is 44.9 Å². The van der Waals surface area contributed by atoms with Crippen molar-refractivity contribution in [2.24, 2.45) is 5.10 Å². The Labute approximate surface area is 161 Å². The van der Waals surface area contributed by atoms with Crippen LogP contribution in [0.3, 0.4) is 0 Å². The summed E-state index contributed by atoms with van der Waals surface area (Å²) in [6.07, 6.45) is 6.26. The number of thiocarbonyl (C=S) groups is 1. The van der Waals surface area contributed by atoms with E-state index in [1.54, 1.807) is 0 Å². The highest BCUT2D eigenvalue weighted by Crippen LogP contribution is 2.39. The quantitative estimate of drug-likeness (QED) is 0.631. The minimum absolute atomic E-state index is 0.359. The van der Waals surface area contributed by atoms with Crippen molar-refractivity contribution in [1.29, 1.82) is 0 Å². The Morgan fingerprint density at radius 3 is 2.77 bits per heavy atom. The maximum Gasteiger partial charge on any atom is 0.0916 e. The fourth-order valence-corrected chi connectivity index (χ4v) is 4.25. The molecule has 1 aromatic carbocycles. The molecule has 1 N–H and O–H groups in total. The first kappa shape index (κ1) is 18.8. The molecule has 0 amide bonds. The van der Waals surface area contributed by atoms with Crippen LogP contribution in [0, 0.1) is 0 Å². The highest BCUT2D eigenvalue weighted by molar-refractivity contribution is 7.80.